The van der Waals surface area contributed by atoms with Crippen LogP contribution < -0.4 is 0 Å². The Bertz CT molecular complexity index is 1070. The van der Waals surface area contributed by atoms with E-state index < -0.39 is 11.9 Å². The van der Waals surface area contributed by atoms with Gasteiger partial charge in [0, 0.05) is 16.6 Å². The number of hydrogen-bond donors (Lipinski definition) is 1. The maximum atomic E-state index is 12.6. The highest BCUT2D eigenvalue weighted by Crippen LogP contribution is 2.28. The van der Waals surface area contributed by atoms with Gasteiger partial charge in [0.2, 0.25) is 5.76 Å². The summed E-state index contributed by atoms with van der Waals surface area (Å²) in [6.45, 7) is 6.59. The zero-order chi connectivity index (χ0) is 20.4. The number of esters is 2. The standard InChI is InChI=1S/C21H21NO6/c1-5-26-21(25)19-15(14-8-6-7-9-16(14)28-19)10-27-20(24)18-11(2)17(13(4)23)12(3)22-18/h6-9,22H,5,10H2,1-4H3. The van der Waals surface area contributed by atoms with Crippen molar-refractivity contribution in [2.45, 2.75) is 34.3 Å². The van der Waals surface area contributed by atoms with Crippen molar-refractivity contribution in [3.63, 3.8) is 0 Å². The number of aromatic amines is 1. The molecule has 0 bridgehead atoms. The van der Waals surface area contributed by atoms with E-state index >= 15 is 0 Å². The van der Waals surface area contributed by atoms with Gasteiger partial charge >= 0.3 is 11.9 Å². The molecule has 2 heterocycles. The number of Topliss-reactive ketones (excluding diaryl/α,β-unsaturated/α-hetero) is 1. The Morgan fingerprint density at radius 1 is 1.07 bits per heavy atom. The molecule has 0 aliphatic rings. The number of carbonyl (C=O) groups is 3. The maximum Gasteiger partial charge on any atom is 0.374 e. The summed E-state index contributed by atoms with van der Waals surface area (Å²) in [6.07, 6.45) is 0. The molecule has 0 fully saturated rings. The zero-order valence-electron chi connectivity index (χ0n) is 16.2. The molecule has 7 heteroatoms. The highest BCUT2D eigenvalue weighted by Gasteiger charge is 2.25. The van der Waals surface area contributed by atoms with Gasteiger partial charge < -0.3 is 18.9 Å². The summed E-state index contributed by atoms with van der Waals surface area (Å²) in [5.74, 6) is -1.35. The Kier molecular flexibility index (Phi) is 5.35. The predicted molar refractivity (Wildman–Crippen MR) is 102 cm³/mol. The van der Waals surface area contributed by atoms with E-state index in [0.717, 1.165) is 0 Å². The number of rotatable bonds is 6. The first kappa shape index (κ1) is 19.4. The molecule has 7 nitrogen and oxygen atoms in total. The number of nitrogens with one attached hydrogen (secondary N) is 1. The van der Waals surface area contributed by atoms with E-state index in [1.54, 1.807) is 45.0 Å². The molecule has 28 heavy (non-hydrogen) atoms. The molecule has 0 aliphatic heterocycles. The number of furan rings is 1. The van der Waals surface area contributed by atoms with E-state index in [1.165, 1.54) is 6.92 Å². The van der Waals surface area contributed by atoms with Crippen molar-refractivity contribution in [3.05, 3.63) is 58.1 Å². The van der Waals surface area contributed by atoms with Crippen LogP contribution in [0, 0.1) is 13.8 Å². The van der Waals surface area contributed by atoms with Gasteiger partial charge in [0.25, 0.3) is 0 Å². The van der Waals surface area contributed by atoms with Gasteiger partial charge in [-0.2, -0.15) is 0 Å². The number of aryl methyl sites for hydroxylation is 1. The van der Waals surface area contributed by atoms with E-state index in [4.69, 9.17) is 13.9 Å². The third-order valence-corrected chi connectivity index (χ3v) is 4.50. The van der Waals surface area contributed by atoms with Gasteiger partial charge in [-0.3, -0.25) is 4.79 Å². The highest BCUT2D eigenvalue weighted by atomic mass is 16.5. The molecule has 3 rings (SSSR count). The van der Waals surface area contributed by atoms with Crippen molar-refractivity contribution in [1.82, 2.24) is 4.98 Å². The van der Waals surface area contributed by atoms with Crippen molar-refractivity contribution in [2.75, 3.05) is 6.61 Å². The number of ketones is 1. The van der Waals surface area contributed by atoms with Crippen molar-refractivity contribution in [2.24, 2.45) is 0 Å². The van der Waals surface area contributed by atoms with Crippen LogP contribution in [0.1, 0.15) is 62.1 Å². The van der Waals surface area contributed by atoms with E-state index in [-0.39, 0.29) is 30.5 Å². The van der Waals surface area contributed by atoms with E-state index in [1.807, 2.05) is 0 Å². The monoisotopic (exact) mass is 383 g/mol. The summed E-state index contributed by atoms with van der Waals surface area (Å²) in [7, 11) is 0. The number of H-pyrrole nitrogens is 1. The van der Waals surface area contributed by atoms with Crippen LogP contribution in [0.5, 0.6) is 0 Å². The molecule has 0 unspecified atom stereocenters. The first-order chi connectivity index (χ1) is 13.3. The Morgan fingerprint density at radius 3 is 2.43 bits per heavy atom. The van der Waals surface area contributed by atoms with Gasteiger partial charge in [-0.25, -0.2) is 9.59 Å². The Labute approximate surface area is 161 Å². The minimum Gasteiger partial charge on any atom is -0.460 e. The quantitative estimate of drug-likeness (QED) is 0.508. The van der Waals surface area contributed by atoms with Crippen molar-refractivity contribution in [3.8, 4) is 0 Å². The lowest BCUT2D eigenvalue weighted by molar-refractivity contribution is 0.0431. The fourth-order valence-electron chi connectivity index (χ4n) is 3.30. The Balaban J connectivity index is 1.90. The molecular formula is C21H21NO6. The number of para-hydroxylation sites is 1. The maximum absolute atomic E-state index is 12.6. The fraction of sp³-hybridized carbons (Fsp3) is 0.286. The summed E-state index contributed by atoms with van der Waals surface area (Å²) in [5, 5.41) is 0.669. The molecule has 3 aromatic rings. The topological polar surface area (TPSA) is 98.6 Å². The second-order valence-electron chi connectivity index (χ2n) is 6.38. The number of ether oxygens (including phenoxy) is 2. The predicted octanol–water partition coefficient (Wildman–Crippen LogP) is 4.11. The van der Waals surface area contributed by atoms with Crippen LogP contribution >= 0.6 is 0 Å². The van der Waals surface area contributed by atoms with Gasteiger partial charge in [0.15, 0.2) is 5.78 Å². The summed E-state index contributed by atoms with van der Waals surface area (Å²) < 4.78 is 16.1. The molecule has 0 aliphatic carbocycles. The Morgan fingerprint density at radius 2 is 1.79 bits per heavy atom. The van der Waals surface area contributed by atoms with Gasteiger partial charge in [0.05, 0.1) is 12.2 Å². The normalized spacial score (nSPS) is 10.9. The lowest BCUT2D eigenvalue weighted by Crippen LogP contribution is -2.11. The minimum atomic E-state index is -0.617. The SMILES string of the molecule is CCOC(=O)c1oc2ccccc2c1COC(=O)c1[nH]c(C)c(C(C)=O)c1C. The van der Waals surface area contributed by atoms with Crippen LogP contribution in [0.2, 0.25) is 0 Å². The lowest BCUT2D eigenvalue weighted by Gasteiger charge is -2.06. The highest BCUT2D eigenvalue weighted by molar-refractivity contribution is 6.01. The van der Waals surface area contributed by atoms with Crippen LogP contribution in [-0.4, -0.2) is 29.3 Å². The summed E-state index contributed by atoms with van der Waals surface area (Å²) in [5.41, 5.74) is 2.79. The molecule has 0 saturated heterocycles. The third kappa shape index (κ3) is 3.43. The average molecular weight is 383 g/mol. The zero-order valence-corrected chi connectivity index (χ0v) is 16.2. The summed E-state index contributed by atoms with van der Waals surface area (Å²) in [6, 6.07) is 7.09. The van der Waals surface area contributed by atoms with Gasteiger partial charge in [0.1, 0.15) is 17.9 Å². The number of fused-ring (bicyclic) bond motifs is 1. The van der Waals surface area contributed by atoms with E-state index in [9.17, 15) is 14.4 Å². The van der Waals surface area contributed by atoms with Crippen LogP contribution in [0.25, 0.3) is 11.0 Å². The van der Waals surface area contributed by atoms with E-state index in [2.05, 4.69) is 4.98 Å². The fourth-order valence-corrected chi connectivity index (χ4v) is 3.30. The van der Waals surface area contributed by atoms with Crippen LogP contribution in [-0.2, 0) is 16.1 Å². The summed E-state index contributed by atoms with van der Waals surface area (Å²) >= 11 is 0. The Hall–Kier alpha value is -3.35. The van der Waals surface area contributed by atoms with Crippen molar-refractivity contribution < 1.29 is 28.3 Å². The van der Waals surface area contributed by atoms with Crippen molar-refractivity contribution >= 4 is 28.7 Å². The average Bonchev–Trinajstić information content (AvgIpc) is 3.17. The van der Waals surface area contributed by atoms with Gasteiger partial charge in [-0.15, -0.1) is 0 Å². The molecule has 0 saturated carbocycles. The second kappa shape index (κ2) is 7.72. The number of hydrogen-bond acceptors (Lipinski definition) is 6. The van der Waals surface area contributed by atoms with Crippen LogP contribution in [0.3, 0.4) is 0 Å². The molecule has 146 valence electrons. The molecule has 0 atom stereocenters. The lowest BCUT2D eigenvalue weighted by atomic mass is 10.1. The largest absolute Gasteiger partial charge is 0.460 e. The molecular weight excluding hydrogens is 362 g/mol. The molecule has 0 radical (unpaired) electrons. The van der Waals surface area contributed by atoms with Crippen LogP contribution in [0.4, 0.5) is 0 Å². The first-order valence-electron chi connectivity index (χ1n) is 8.89. The third-order valence-electron chi connectivity index (χ3n) is 4.50. The number of carbonyl (C=O) groups excluding carboxylic acids is 3. The number of aromatic nitrogens is 1. The van der Waals surface area contributed by atoms with Crippen molar-refractivity contribution in [1.29, 1.82) is 0 Å². The second-order valence-corrected chi connectivity index (χ2v) is 6.38. The smallest absolute Gasteiger partial charge is 0.374 e. The first-order valence-corrected chi connectivity index (χ1v) is 8.89. The van der Waals surface area contributed by atoms with Gasteiger partial charge in [-0.1, -0.05) is 18.2 Å². The minimum absolute atomic E-state index is 0.0136. The van der Waals surface area contributed by atoms with E-state index in [0.29, 0.717) is 33.4 Å². The van der Waals surface area contributed by atoms with Gasteiger partial charge in [-0.05, 0) is 39.3 Å². The summed E-state index contributed by atoms with van der Waals surface area (Å²) in [4.78, 5) is 39.5. The van der Waals surface area contributed by atoms with Crippen LogP contribution in [0.15, 0.2) is 28.7 Å². The number of benzene rings is 1. The molecule has 2 aromatic heterocycles. The molecule has 0 spiro atoms. The molecule has 1 aromatic carbocycles. The molecule has 0 amide bonds. The molecule has 1 N–H and O–H groups in total.